The average Bonchev–Trinajstić information content (AvgIpc) is 2.58. The zero-order valence-electron chi connectivity index (χ0n) is 14.3. The third-order valence-corrected chi connectivity index (χ3v) is 2.85. The Kier molecular flexibility index (Phi) is 10.8. The van der Waals surface area contributed by atoms with Gasteiger partial charge in [0.1, 0.15) is 23.6 Å². The van der Waals surface area contributed by atoms with Gasteiger partial charge in [0, 0.05) is 0 Å². The molecule has 0 heterocycles. The number of rotatable bonds is 4. The van der Waals surface area contributed by atoms with Gasteiger partial charge in [0.15, 0.2) is 0 Å². The first-order valence-corrected chi connectivity index (χ1v) is 7.62. The number of carbonyl (C=O) groups is 2. The summed E-state index contributed by atoms with van der Waals surface area (Å²) in [5, 5.41) is 34.0. The zero-order valence-corrected chi connectivity index (χ0v) is 14.3. The molecule has 2 aromatic rings. The summed E-state index contributed by atoms with van der Waals surface area (Å²) in [5.74, 6) is -1.50. The number of para-hydroxylation sites is 1. The lowest BCUT2D eigenvalue weighted by Crippen LogP contribution is -2.32. The van der Waals surface area contributed by atoms with Crippen molar-refractivity contribution in [3.8, 4) is 11.5 Å². The molecule has 2 aromatic carbocycles. The molecule has 0 spiro atoms. The van der Waals surface area contributed by atoms with E-state index in [9.17, 15) is 9.59 Å². The summed E-state index contributed by atoms with van der Waals surface area (Å²) in [5.41, 5.74) is 11.0. The first-order chi connectivity index (χ1) is 12.1. The number of carboxylic acid groups (broad SMARTS) is 2. The van der Waals surface area contributed by atoms with Gasteiger partial charge in [-0.05, 0) is 43.2 Å². The summed E-state index contributed by atoms with van der Waals surface area (Å²) < 4.78 is 0. The fraction of sp³-hybridized carbons (Fsp3) is 0.222. The van der Waals surface area contributed by atoms with Crippen molar-refractivity contribution in [2.24, 2.45) is 11.5 Å². The summed E-state index contributed by atoms with van der Waals surface area (Å²) in [6, 6.07) is 13.4. The lowest BCUT2D eigenvalue weighted by Gasteiger charge is -2.05. The van der Waals surface area contributed by atoms with Crippen LogP contribution >= 0.6 is 0 Å². The van der Waals surface area contributed by atoms with Gasteiger partial charge in [0.25, 0.3) is 0 Å². The van der Waals surface area contributed by atoms with Gasteiger partial charge in [0.05, 0.1) is 0 Å². The second-order valence-electron chi connectivity index (χ2n) is 5.28. The van der Waals surface area contributed by atoms with Crippen LogP contribution in [0.2, 0.25) is 0 Å². The minimum atomic E-state index is -1.02. The lowest BCUT2D eigenvalue weighted by molar-refractivity contribution is -0.139. The van der Waals surface area contributed by atoms with E-state index in [2.05, 4.69) is 0 Å². The second-order valence-corrected chi connectivity index (χ2v) is 5.28. The fourth-order valence-corrected chi connectivity index (χ4v) is 1.40. The van der Waals surface area contributed by atoms with E-state index in [4.69, 9.17) is 31.9 Å². The molecule has 2 unspecified atom stereocenters. The number of hydrogen-bond donors (Lipinski definition) is 6. The number of aliphatic carboxylic acids is 2. The molecule has 2 atom stereocenters. The van der Waals surface area contributed by atoms with Crippen molar-refractivity contribution < 1.29 is 30.0 Å². The Morgan fingerprint density at radius 2 is 1.27 bits per heavy atom. The molecule has 8 N–H and O–H groups in total. The predicted molar refractivity (Wildman–Crippen MR) is 96.8 cm³/mol. The summed E-state index contributed by atoms with van der Waals surface area (Å²) in [6.07, 6.45) is 0.273. The maximum absolute atomic E-state index is 10.4. The first kappa shape index (κ1) is 22.9. The largest absolute Gasteiger partial charge is 0.508 e. The van der Waals surface area contributed by atoms with Crippen molar-refractivity contribution in [3.05, 3.63) is 60.2 Å². The average molecular weight is 364 g/mol. The quantitative estimate of drug-likeness (QED) is 0.470. The van der Waals surface area contributed by atoms with Crippen LogP contribution in [0.5, 0.6) is 11.5 Å². The number of aromatic hydroxyl groups is 2. The van der Waals surface area contributed by atoms with Gasteiger partial charge in [-0.1, -0.05) is 30.3 Å². The smallest absolute Gasteiger partial charge is 0.320 e. The van der Waals surface area contributed by atoms with Crippen molar-refractivity contribution in [2.45, 2.75) is 25.4 Å². The van der Waals surface area contributed by atoms with Crippen LogP contribution in [0.4, 0.5) is 0 Å². The van der Waals surface area contributed by atoms with Crippen molar-refractivity contribution in [1.82, 2.24) is 0 Å². The maximum Gasteiger partial charge on any atom is 0.320 e. The predicted octanol–water partition coefficient (Wildman–Crippen LogP) is 1.16. The van der Waals surface area contributed by atoms with Gasteiger partial charge in [0.2, 0.25) is 0 Å². The van der Waals surface area contributed by atoms with Gasteiger partial charge in [-0.15, -0.1) is 0 Å². The Balaban J connectivity index is 0.000000405. The Bertz CT molecular complexity index is 659. The zero-order chi connectivity index (χ0) is 20.1. The third-order valence-electron chi connectivity index (χ3n) is 2.85. The molecule has 0 aromatic heterocycles. The van der Waals surface area contributed by atoms with E-state index in [0.717, 1.165) is 5.56 Å². The topological polar surface area (TPSA) is 167 Å². The minimum Gasteiger partial charge on any atom is -0.508 e. The highest BCUT2D eigenvalue weighted by Crippen LogP contribution is 2.10. The van der Waals surface area contributed by atoms with E-state index in [-0.39, 0.29) is 12.2 Å². The fourth-order valence-electron chi connectivity index (χ4n) is 1.40. The number of benzene rings is 2. The van der Waals surface area contributed by atoms with E-state index >= 15 is 0 Å². The number of phenols is 2. The van der Waals surface area contributed by atoms with E-state index in [1.807, 2.05) is 6.07 Å². The van der Waals surface area contributed by atoms with Crippen LogP contribution in [0.15, 0.2) is 54.6 Å². The van der Waals surface area contributed by atoms with Crippen molar-refractivity contribution in [3.63, 3.8) is 0 Å². The van der Waals surface area contributed by atoms with E-state index in [0.29, 0.717) is 5.75 Å². The molecule has 0 aliphatic carbocycles. The standard InChI is InChI=1S/C9H11NO3.C6H6O.C3H7NO2/c10-8(9(12)13)5-6-1-3-7(11)4-2-6;7-6-4-2-1-3-5-6;1-2(4)3(5)6/h1-4,8,11H,5,10H2,(H,12,13);1-5,7H;2H,4H2,1H3,(H,5,6). The molecule has 0 fully saturated rings. The van der Waals surface area contributed by atoms with Gasteiger partial charge >= 0.3 is 11.9 Å². The Labute approximate surface area is 151 Å². The van der Waals surface area contributed by atoms with Crippen LogP contribution in [-0.4, -0.2) is 44.4 Å². The molecule has 2 rings (SSSR count). The number of carboxylic acids is 2. The molecule has 0 saturated heterocycles. The van der Waals surface area contributed by atoms with Gasteiger partial charge in [-0.3, -0.25) is 9.59 Å². The van der Waals surface area contributed by atoms with E-state index in [1.54, 1.807) is 36.4 Å². The Morgan fingerprint density at radius 3 is 1.58 bits per heavy atom. The molecule has 0 radical (unpaired) electrons. The maximum atomic E-state index is 10.4. The van der Waals surface area contributed by atoms with Crippen LogP contribution in [0.3, 0.4) is 0 Å². The summed E-state index contributed by atoms with van der Waals surface area (Å²) >= 11 is 0. The molecular formula is C18H24N2O6. The van der Waals surface area contributed by atoms with Gasteiger partial charge < -0.3 is 31.9 Å². The highest BCUT2D eigenvalue weighted by Gasteiger charge is 2.11. The Hall–Kier alpha value is -3.10. The molecular weight excluding hydrogens is 340 g/mol. The highest BCUT2D eigenvalue weighted by atomic mass is 16.4. The van der Waals surface area contributed by atoms with Crippen molar-refractivity contribution in [2.75, 3.05) is 0 Å². The molecule has 0 amide bonds. The third kappa shape index (κ3) is 11.4. The normalized spacial score (nSPS) is 11.7. The van der Waals surface area contributed by atoms with Crippen molar-refractivity contribution >= 4 is 11.9 Å². The summed E-state index contributed by atoms with van der Waals surface area (Å²) in [7, 11) is 0. The van der Waals surface area contributed by atoms with Gasteiger partial charge in [-0.2, -0.15) is 0 Å². The highest BCUT2D eigenvalue weighted by molar-refractivity contribution is 5.73. The molecule has 0 aliphatic heterocycles. The number of nitrogens with two attached hydrogens (primary N) is 2. The summed E-state index contributed by atoms with van der Waals surface area (Å²) in [4.78, 5) is 20.0. The molecule has 142 valence electrons. The molecule has 0 saturated carbocycles. The van der Waals surface area contributed by atoms with Gasteiger partial charge in [-0.25, -0.2) is 0 Å². The van der Waals surface area contributed by atoms with Crippen LogP contribution in [0.1, 0.15) is 12.5 Å². The van der Waals surface area contributed by atoms with Crippen LogP contribution in [0.25, 0.3) is 0 Å². The first-order valence-electron chi connectivity index (χ1n) is 7.62. The van der Waals surface area contributed by atoms with Crippen LogP contribution in [0, 0.1) is 0 Å². The van der Waals surface area contributed by atoms with Crippen molar-refractivity contribution in [1.29, 1.82) is 0 Å². The van der Waals surface area contributed by atoms with E-state index < -0.39 is 24.0 Å². The molecule has 0 bridgehead atoms. The van der Waals surface area contributed by atoms with E-state index in [1.165, 1.54) is 19.1 Å². The summed E-state index contributed by atoms with van der Waals surface area (Å²) in [6.45, 7) is 1.42. The Morgan fingerprint density at radius 1 is 0.846 bits per heavy atom. The number of hydrogen-bond acceptors (Lipinski definition) is 6. The van der Waals surface area contributed by atoms with Crippen LogP contribution < -0.4 is 11.5 Å². The molecule has 8 heteroatoms. The SMILES string of the molecule is CC(N)C(=O)O.NC(Cc1ccc(O)cc1)C(=O)O.Oc1ccccc1. The second kappa shape index (κ2) is 12.3. The van der Waals surface area contributed by atoms with Crippen LogP contribution in [-0.2, 0) is 16.0 Å². The molecule has 0 aliphatic rings. The monoisotopic (exact) mass is 364 g/mol. The lowest BCUT2D eigenvalue weighted by atomic mass is 10.1. The molecule has 8 nitrogen and oxygen atoms in total. The number of phenolic OH excluding ortho intramolecular Hbond substituents is 2. The minimum absolute atomic E-state index is 0.160. The molecule has 26 heavy (non-hydrogen) atoms.